The largest absolute Gasteiger partial charge is 0.504 e. The standard InChI is InChI=1S/C20H24O7/c1-6-8(2)18(23)26-11-7-20(5,25)14-13(9(3)15(21)16(14)22)17-12(11)10(4)19(24)27-17/h6,11-14,17,21,25H,4,7H2,1-3,5H3/b8-6-/t11-,12-,13+,14+,17+,20-/m1/s1. The van der Waals surface area contributed by atoms with Gasteiger partial charge in [-0.1, -0.05) is 12.7 Å². The minimum atomic E-state index is -1.57. The van der Waals surface area contributed by atoms with Crippen LogP contribution in [0.4, 0.5) is 0 Å². The summed E-state index contributed by atoms with van der Waals surface area (Å²) in [5.41, 5.74) is -0.686. The van der Waals surface area contributed by atoms with Gasteiger partial charge >= 0.3 is 11.9 Å². The molecule has 0 unspecified atom stereocenters. The molecule has 0 amide bonds. The van der Waals surface area contributed by atoms with Gasteiger partial charge in [0.05, 0.1) is 17.4 Å². The fourth-order valence-electron chi connectivity index (χ4n) is 4.48. The number of aliphatic hydroxyl groups excluding tert-OH is 1. The van der Waals surface area contributed by atoms with E-state index >= 15 is 0 Å². The molecule has 0 bridgehead atoms. The summed E-state index contributed by atoms with van der Waals surface area (Å²) in [5.74, 6) is -4.59. The van der Waals surface area contributed by atoms with Crippen LogP contribution in [-0.4, -0.2) is 45.7 Å². The zero-order chi connectivity index (χ0) is 20.3. The lowest BCUT2D eigenvalue weighted by Gasteiger charge is -2.33. The van der Waals surface area contributed by atoms with Gasteiger partial charge in [0.15, 0.2) is 5.76 Å². The number of ether oxygens (including phenoxy) is 2. The number of hydrogen-bond acceptors (Lipinski definition) is 7. The number of allylic oxidation sites excluding steroid dienone is 2. The van der Waals surface area contributed by atoms with Crippen LogP contribution >= 0.6 is 0 Å². The summed E-state index contributed by atoms with van der Waals surface area (Å²) in [5, 5.41) is 21.2. The predicted molar refractivity (Wildman–Crippen MR) is 94.4 cm³/mol. The van der Waals surface area contributed by atoms with Crippen LogP contribution < -0.4 is 0 Å². The first kappa shape index (κ1) is 19.4. The maximum Gasteiger partial charge on any atom is 0.334 e. The van der Waals surface area contributed by atoms with Gasteiger partial charge in [0.1, 0.15) is 12.2 Å². The van der Waals surface area contributed by atoms with Gasteiger partial charge < -0.3 is 19.7 Å². The fraction of sp³-hybridized carbons (Fsp3) is 0.550. The maximum absolute atomic E-state index is 12.6. The second-order valence-corrected chi connectivity index (χ2v) is 7.80. The van der Waals surface area contributed by atoms with Crippen LogP contribution in [0.25, 0.3) is 0 Å². The van der Waals surface area contributed by atoms with Gasteiger partial charge in [0, 0.05) is 23.5 Å². The summed E-state index contributed by atoms with van der Waals surface area (Å²) in [6, 6.07) is 0. The van der Waals surface area contributed by atoms with E-state index < -0.39 is 59.0 Å². The monoisotopic (exact) mass is 376 g/mol. The molecule has 1 saturated heterocycles. The zero-order valence-electron chi connectivity index (χ0n) is 15.8. The van der Waals surface area contributed by atoms with Crippen LogP contribution in [0.15, 0.2) is 35.1 Å². The summed E-state index contributed by atoms with van der Waals surface area (Å²) in [7, 11) is 0. The molecular formula is C20H24O7. The van der Waals surface area contributed by atoms with Crippen molar-refractivity contribution in [1.82, 2.24) is 0 Å². The average Bonchev–Trinajstić information content (AvgIpc) is 2.97. The molecule has 146 valence electrons. The van der Waals surface area contributed by atoms with E-state index in [0.717, 1.165) is 0 Å². The van der Waals surface area contributed by atoms with Crippen molar-refractivity contribution in [2.45, 2.75) is 51.9 Å². The predicted octanol–water partition coefficient (Wildman–Crippen LogP) is 1.76. The molecule has 3 rings (SSSR count). The third-order valence-electron chi connectivity index (χ3n) is 6.06. The highest BCUT2D eigenvalue weighted by Crippen LogP contribution is 2.53. The number of fused-ring (bicyclic) bond motifs is 3. The molecule has 7 heteroatoms. The summed E-state index contributed by atoms with van der Waals surface area (Å²) in [6.07, 6.45) is -0.218. The smallest absolute Gasteiger partial charge is 0.334 e. The Hall–Kier alpha value is -2.41. The Morgan fingerprint density at radius 3 is 2.59 bits per heavy atom. The quantitative estimate of drug-likeness (QED) is 0.558. The van der Waals surface area contributed by atoms with Gasteiger partial charge in [-0.3, -0.25) is 4.79 Å². The van der Waals surface area contributed by atoms with E-state index in [1.807, 2.05) is 0 Å². The fourth-order valence-corrected chi connectivity index (χ4v) is 4.48. The van der Waals surface area contributed by atoms with Crippen molar-refractivity contribution in [3.05, 3.63) is 35.1 Å². The normalized spacial score (nSPS) is 39.1. The molecule has 3 aliphatic rings. The minimum Gasteiger partial charge on any atom is -0.504 e. The molecule has 0 aromatic rings. The summed E-state index contributed by atoms with van der Waals surface area (Å²) in [4.78, 5) is 37.1. The first-order valence-electron chi connectivity index (χ1n) is 8.91. The molecule has 1 saturated carbocycles. The Balaban J connectivity index is 2.09. The third kappa shape index (κ3) is 2.81. The highest BCUT2D eigenvalue weighted by atomic mass is 16.6. The van der Waals surface area contributed by atoms with Crippen LogP contribution in [0.2, 0.25) is 0 Å². The van der Waals surface area contributed by atoms with Crippen molar-refractivity contribution in [2.75, 3.05) is 0 Å². The first-order chi connectivity index (χ1) is 12.5. The molecule has 0 spiro atoms. The van der Waals surface area contributed by atoms with Crippen LogP contribution in [0.1, 0.15) is 34.1 Å². The third-order valence-corrected chi connectivity index (χ3v) is 6.06. The minimum absolute atomic E-state index is 0.0833. The molecule has 7 nitrogen and oxygen atoms in total. The average molecular weight is 376 g/mol. The van der Waals surface area contributed by atoms with Crippen molar-refractivity contribution < 1.29 is 34.1 Å². The number of Topliss-reactive ketones (excluding diaryl/α,β-unsaturated/α-hetero) is 1. The number of carbonyl (C=O) groups excluding carboxylic acids is 3. The molecule has 0 radical (unpaired) electrons. The number of esters is 2. The maximum atomic E-state index is 12.6. The lowest BCUT2D eigenvalue weighted by atomic mass is 9.76. The Labute approximate surface area is 157 Å². The Bertz CT molecular complexity index is 801. The number of ketones is 1. The second kappa shape index (κ2) is 6.34. The second-order valence-electron chi connectivity index (χ2n) is 7.80. The Morgan fingerprint density at radius 2 is 2.00 bits per heavy atom. The number of rotatable bonds is 2. The molecule has 2 N–H and O–H groups in total. The zero-order valence-corrected chi connectivity index (χ0v) is 15.8. The van der Waals surface area contributed by atoms with Gasteiger partial charge in [-0.15, -0.1) is 0 Å². The van der Waals surface area contributed by atoms with Gasteiger partial charge in [-0.25, -0.2) is 9.59 Å². The summed E-state index contributed by atoms with van der Waals surface area (Å²) >= 11 is 0. The van der Waals surface area contributed by atoms with E-state index in [1.165, 1.54) is 6.92 Å². The summed E-state index contributed by atoms with van der Waals surface area (Å²) in [6.45, 7) is 10.1. The lowest BCUT2D eigenvalue weighted by molar-refractivity contribution is -0.150. The van der Waals surface area contributed by atoms with E-state index in [-0.39, 0.29) is 12.0 Å². The first-order valence-corrected chi connectivity index (χ1v) is 8.91. The van der Waals surface area contributed by atoms with Crippen molar-refractivity contribution in [2.24, 2.45) is 17.8 Å². The van der Waals surface area contributed by atoms with Crippen molar-refractivity contribution in [1.29, 1.82) is 0 Å². The molecular weight excluding hydrogens is 352 g/mol. The SMILES string of the molecule is C=C1C(=O)O[C@@H]2[C@H]3C(C)=C(O)C(=O)[C@H]3[C@](C)(O)C[C@@H](OC(=O)/C(C)=C\C)[C@@H]12. The van der Waals surface area contributed by atoms with Crippen molar-refractivity contribution in [3.63, 3.8) is 0 Å². The van der Waals surface area contributed by atoms with Gasteiger partial charge in [-0.05, 0) is 33.3 Å². The topological polar surface area (TPSA) is 110 Å². The number of aliphatic hydroxyl groups is 2. The van der Waals surface area contributed by atoms with E-state index in [9.17, 15) is 24.6 Å². The molecule has 0 aromatic carbocycles. The van der Waals surface area contributed by atoms with Crippen LogP contribution in [-0.2, 0) is 23.9 Å². The van der Waals surface area contributed by atoms with Crippen molar-refractivity contribution >= 4 is 17.7 Å². The molecule has 0 aromatic heterocycles. The molecule has 2 aliphatic carbocycles. The van der Waals surface area contributed by atoms with E-state index in [1.54, 1.807) is 26.8 Å². The summed E-state index contributed by atoms with van der Waals surface area (Å²) < 4.78 is 11.1. The van der Waals surface area contributed by atoms with Gasteiger partial charge in [0.25, 0.3) is 0 Å². The number of carbonyl (C=O) groups is 3. The Kier molecular flexibility index (Phi) is 4.54. The Morgan fingerprint density at radius 1 is 1.37 bits per heavy atom. The number of hydrogen-bond donors (Lipinski definition) is 2. The van der Waals surface area contributed by atoms with Crippen molar-refractivity contribution in [3.8, 4) is 0 Å². The lowest BCUT2D eigenvalue weighted by Crippen LogP contribution is -2.44. The molecule has 1 aliphatic heterocycles. The van der Waals surface area contributed by atoms with Crippen LogP contribution in [0.5, 0.6) is 0 Å². The molecule has 6 atom stereocenters. The van der Waals surface area contributed by atoms with Crippen LogP contribution in [0, 0.1) is 17.8 Å². The highest BCUT2D eigenvalue weighted by Gasteiger charge is 2.62. The van der Waals surface area contributed by atoms with E-state index in [2.05, 4.69) is 6.58 Å². The molecule has 2 fully saturated rings. The van der Waals surface area contributed by atoms with E-state index in [0.29, 0.717) is 11.1 Å². The molecule has 27 heavy (non-hydrogen) atoms. The van der Waals surface area contributed by atoms with Gasteiger partial charge in [0.2, 0.25) is 5.78 Å². The van der Waals surface area contributed by atoms with Gasteiger partial charge in [-0.2, -0.15) is 0 Å². The van der Waals surface area contributed by atoms with Crippen LogP contribution in [0.3, 0.4) is 0 Å². The highest BCUT2D eigenvalue weighted by molar-refractivity contribution is 6.00. The van der Waals surface area contributed by atoms with E-state index in [4.69, 9.17) is 9.47 Å². The molecule has 1 heterocycles.